The Kier molecular flexibility index (Phi) is 8.08. The van der Waals surface area contributed by atoms with Crippen molar-refractivity contribution in [2.75, 3.05) is 12.4 Å². The molecule has 1 aromatic carbocycles. The Hall–Kier alpha value is -3.09. The average Bonchev–Trinajstić information content (AvgIpc) is 2.59. The Morgan fingerprint density at radius 2 is 1.73 bits per heavy atom. The van der Waals surface area contributed by atoms with Crippen molar-refractivity contribution < 1.29 is 24.6 Å². The summed E-state index contributed by atoms with van der Waals surface area (Å²) in [7, 11) is 1.77. The van der Waals surface area contributed by atoms with Gasteiger partial charge in [0.2, 0.25) is 0 Å². The van der Waals surface area contributed by atoms with E-state index in [2.05, 4.69) is 23.8 Å². The fourth-order valence-electron chi connectivity index (χ4n) is 2.66. The lowest BCUT2D eigenvalue weighted by atomic mass is 9.93. The molecule has 0 saturated heterocycles. The van der Waals surface area contributed by atoms with Crippen LogP contribution in [0.2, 0.25) is 0 Å². The number of carbonyl (C=O) groups is 3. The van der Waals surface area contributed by atoms with Gasteiger partial charge in [-0.2, -0.15) is 0 Å². The van der Waals surface area contributed by atoms with E-state index < -0.39 is 23.9 Å². The molecule has 0 fully saturated rings. The minimum absolute atomic E-state index is 0.193. The second kappa shape index (κ2) is 10.0. The number of nitrogens with one attached hydrogen (secondary N) is 2. The highest BCUT2D eigenvalue weighted by Crippen LogP contribution is 2.26. The zero-order valence-electron chi connectivity index (χ0n) is 14.7. The number of hydrogen-bond donors (Lipinski definition) is 4. The van der Waals surface area contributed by atoms with E-state index in [-0.39, 0.29) is 12.8 Å². The van der Waals surface area contributed by atoms with Crippen molar-refractivity contribution in [1.82, 2.24) is 5.32 Å². The second-order valence-corrected chi connectivity index (χ2v) is 5.65. The minimum Gasteiger partial charge on any atom is -0.481 e. The van der Waals surface area contributed by atoms with Crippen molar-refractivity contribution in [3.63, 3.8) is 0 Å². The zero-order chi connectivity index (χ0) is 19.7. The third-order valence-corrected chi connectivity index (χ3v) is 3.89. The van der Waals surface area contributed by atoms with E-state index in [0.717, 1.165) is 16.8 Å². The van der Waals surface area contributed by atoms with Gasteiger partial charge in [-0.1, -0.05) is 12.2 Å². The van der Waals surface area contributed by atoms with Crippen LogP contribution in [0.3, 0.4) is 0 Å². The smallest absolute Gasteiger partial charge is 0.326 e. The molecule has 0 bridgehead atoms. The van der Waals surface area contributed by atoms with Crippen molar-refractivity contribution in [1.29, 1.82) is 0 Å². The van der Waals surface area contributed by atoms with Gasteiger partial charge in [0.25, 0.3) is 5.91 Å². The van der Waals surface area contributed by atoms with E-state index in [1.54, 1.807) is 31.3 Å². The molecule has 7 nitrogen and oxygen atoms in total. The van der Waals surface area contributed by atoms with Gasteiger partial charge in [0, 0.05) is 24.7 Å². The number of carboxylic acid groups (broad SMARTS) is 2. The van der Waals surface area contributed by atoms with Crippen LogP contribution >= 0.6 is 0 Å². The Morgan fingerprint density at radius 3 is 2.23 bits per heavy atom. The molecule has 140 valence electrons. The summed E-state index contributed by atoms with van der Waals surface area (Å²) in [6, 6.07) is 2.08. The molecule has 0 saturated carbocycles. The molecule has 0 radical (unpaired) electrons. The van der Waals surface area contributed by atoms with Crippen LogP contribution in [0.15, 0.2) is 37.4 Å². The summed E-state index contributed by atoms with van der Waals surface area (Å²) in [6.07, 6.45) is 3.79. The molecule has 0 unspecified atom stereocenters. The fraction of sp³-hybridized carbons (Fsp3) is 0.316. The van der Waals surface area contributed by atoms with E-state index in [1.165, 1.54) is 0 Å². The lowest BCUT2D eigenvalue weighted by Gasteiger charge is -2.19. The second-order valence-electron chi connectivity index (χ2n) is 5.65. The molecule has 26 heavy (non-hydrogen) atoms. The number of carboxylic acids is 2. The number of amides is 1. The first kappa shape index (κ1) is 21.0. The Balaban J connectivity index is 3.22. The summed E-state index contributed by atoms with van der Waals surface area (Å²) in [5, 5.41) is 23.4. The number of allylic oxidation sites excluding steroid dienone is 2. The summed E-state index contributed by atoms with van der Waals surface area (Å²) in [6.45, 7) is 7.45. The SMILES string of the molecule is C=CCc1c(NC)ccc(C(=O)N[C@@H](CCC(=O)O)C(=O)O)c1CC=C. The summed E-state index contributed by atoms with van der Waals surface area (Å²) < 4.78 is 0. The van der Waals surface area contributed by atoms with E-state index in [1.807, 2.05) is 0 Å². The lowest BCUT2D eigenvalue weighted by Crippen LogP contribution is -2.41. The molecule has 0 aromatic heterocycles. The molecular weight excluding hydrogens is 336 g/mol. The topological polar surface area (TPSA) is 116 Å². The molecule has 1 rings (SSSR count). The number of aliphatic carboxylic acids is 2. The van der Waals surface area contributed by atoms with Crippen molar-refractivity contribution in [3.8, 4) is 0 Å². The van der Waals surface area contributed by atoms with Crippen molar-refractivity contribution in [2.45, 2.75) is 31.7 Å². The number of hydrogen-bond acceptors (Lipinski definition) is 4. The van der Waals surface area contributed by atoms with Crippen LogP contribution < -0.4 is 10.6 Å². The number of carbonyl (C=O) groups excluding carboxylic acids is 1. The maximum Gasteiger partial charge on any atom is 0.326 e. The van der Waals surface area contributed by atoms with Gasteiger partial charge in [-0.25, -0.2) is 4.79 Å². The van der Waals surface area contributed by atoms with E-state index in [9.17, 15) is 19.5 Å². The zero-order valence-corrected chi connectivity index (χ0v) is 14.7. The van der Waals surface area contributed by atoms with Gasteiger partial charge in [0.05, 0.1) is 0 Å². The maximum absolute atomic E-state index is 12.7. The predicted molar refractivity (Wildman–Crippen MR) is 99.6 cm³/mol. The predicted octanol–water partition coefficient (Wildman–Crippen LogP) is 2.23. The molecule has 0 spiro atoms. The normalized spacial score (nSPS) is 11.3. The highest BCUT2D eigenvalue weighted by molar-refractivity contribution is 5.99. The van der Waals surface area contributed by atoms with Crippen LogP contribution in [0.25, 0.3) is 0 Å². The number of anilines is 1. The molecule has 0 aliphatic rings. The van der Waals surface area contributed by atoms with Crippen LogP contribution in [0.5, 0.6) is 0 Å². The monoisotopic (exact) mass is 360 g/mol. The first-order valence-corrected chi connectivity index (χ1v) is 8.15. The summed E-state index contributed by atoms with van der Waals surface area (Å²) in [4.78, 5) is 34.6. The van der Waals surface area contributed by atoms with Crippen LogP contribution in [-0.4, -0.2) is 41.1 Å². The van der Waals surface area contributed by atoms with Crippen LogP contribution in [0.4, 0.5) is 5.69 Å². The van der Waals surface area contributed by atoms with Gasteiger partial charge in [0.15, 0.2) is 0 Å². The molecular formula is C19H24N2O5. The molecule has 4 N–H and O–H groups in total. The van der Waals surface area contributed by atoms with Crippen molar-refractivity contribution in [3.05, 3.63) is 54.1 Å². The minimum atomic E-state index is -1.28. The number of rotatable bonds is 11. The summed E-state index contributed by atoms with van der Waals surface area (Å²) in [5.41, 5.74) is 2.79. The quantitative estimate of drug-likeness (QED) is 0.450. The molecule has 0 aliphatic carbocycles. The molecule has 1 amide bonds. The molecule has 7 heteroatoms. The summed E-state index contributed by atoms with van der Waals surface area (Å²) >= 11 is 0. The average molecular weight is 360 g/mol. The highest BCUT2D eigenvalue weighted by atomic mass is 16.4. The lowest BCUT2D eigenvalue weighted by molar-refractivity contribution is -0.140. The van der Waals surface area contributed by atoms with Gasteiger partial charge < -0.3 is 20.8 Å². The van der Waals surface area contributed by atoms with Crippen LogP contribution in [-0.2, 0) is 22.4 Å². The van der Waals surface area contributed by atoms with E-state index >= 15 is 0 Å². The van der Waals surface area contributed by atoms with Crippen molar-refractivity contribution in [2.24, 2.45) is 0 Å². The largest absolute Gasteiger partial charge is 0.481 e. The third kappa shape index (κ3) is 5.47. The van der Waals surface area contributed by atoms with Crippen LogP contribution in [0.1, 0.15) is 34.3 Å². The highest BCUT2D eigenvalue weighted by Gasteiger charge is 2.24. The standard InChI is InChI=1S/C19H24N2O5/c1-4-6-12-13(7-5-2)15(20-3)9-8-14(12)18(24)21-16(19(25)26)10-11-17(22)23/h4-5,8-9,16,20H,1-2,6-7,10-11H2,3H3,(H,21,24)(H,22,23)(H,25,26)/t16-/m0/s1. The Bertz CT molecular complexity index is 712. The van der Waals surface area contributed by atoms with Gasteiger partial charge in [0.1, 0.15) is 6.04 Å². The van der Waals surface area contributed by atoms with E-state index in [4.69, 9.17) is 5.11 Å². The first-order chi connectivity index (χ1) is 12.3. The number of benzene rings is 1. The summed E-state index contributed by atoms with van der Waals surface area (Å²) in [5.74, 6) is -2.96. The van der Waals surface area contributed by atoms with E-state index in [0.29, 0.717) is 18.4 Å². The molecule has 1 atom stereocenters. The first-order valence-electron chi connectivity index (χ1n) is 8.15. The van der Waals surface area contributed by atoms with Gasteiger partial charge in [-0.3, -0.25) is 9.59 Å². The van der Waals surface area contributed by atoms with Gasteiger partial charge >= 0.3 is 11.9 Å². The van der Waals surface area contributed by atoms with Gasteiger partial charge in [-0.15, -0.1) is 13.2 Å². The van der Waals surface area contributed by atoms with Crippen molar-refractivity contribution >= 4 is 23.5 Å². The molecule has 1 aromatic rings. The van der Waals surface area contributed by atoms with Crippen LogP contribution in [0, 0.1) is 0 Å². The Labute approximate surface area is 152 Å². The molecule has 0 heterocycles. The third-order valence-electron chi connectivity index (χ3n) is 3.89. The van der Waals surface area contributed by atoms with Gasteiger partial charge in [-0.05, 0) is 42.5 Å². The maximum atomic E-state index is 12.7. The molecule has 0 aliphatic heterocycles. The fourth-order valence-corrected chi connectivity index (χ4v) is 2.66. The Morgan fingerprint density at radius 1 is 1.12 bits per heavy atom.